The number of aliphatic hydroxyl groups excluding tert-OH is 1. The van der Waals surface area contributed by atoms with E-state index in [2.05, 4.69) is 15.3 Å². The van der Waals surface area contributed by atoms with Crippen LogP contribution < -0.4 is 14.8 Å². The predicted molar refractivity (Wildman–Crippen MR) is 188 cm³/mol. The number of carbonyl (C=O) groups is 1. The summed E-state index contributed by atoms with van der Waals surface area (Å²) in [7, 11) is 1.58. The highest BCUT2D eigenvalue weighted by Crippen LogP contribution is 2.43. The smallest absolute Gasteiger partial charge is 0.252 e. The number of azide groups is 1. The third kappa shape index (κ3) is 9.11. The number of aliphatic imine (C=N–C) groups is 1. The Morgan fingerprint density at radius 3 is 2.57 bits per heavy atom. The normalized spacial score (nSPS) is 16.6. The molecule has 1 amide bonds. The molecule has 5 rings (SSSR count). The zero-order valence-corrected chi connectivity index (χ0v) is 27.9. The molecule has 0 aromatic heterocycles. The lowest BCUT2D eigenvalue weighted by Gasteiger charge is -2.31. The molecule has 2 atom stereocenters. The Bertz CT molecular complexity index is 1780. The first kappa shape index (κ1) is 35.3. The largest absolute Gasteiger partial charge is 0.497 e. The van der Waals surface area contributed by atoms with Gasteiger partial charge in [0.25, 0.3) is 5.91 Å². The fourth-order valence-electron chi connectivity index (χ4n) is 5.53. The van der Waals surface area contributed by atoms with E-state index in [0.717, 1.165) is 16.7 Å². The number of nitrogens with one attached hydrogen (secondary N) is 1. The lowest BCUT2D eigenvalue weighted by atomic mass is 9.81. The van der Waals surface area contributed by atoms with E-state index in [1.807, 2.05) is 60.7 Å². The Morgan fingerprint density at radius 1 is 1.06 bits per heavy atom. The van der Waals surface area contributed by atoms with Crippen LogP contribution in [0.1, 0.15) is 40.3 Å². The highest BCUT2D eigenvalue weighted by atomic mass is 32.2. The average Bonchev–Trinajstić information content (AvgIpc) is 3.52. The highest BCUT2D eigenvalue weighted by Gasteiger charge is 2.53. The van der Waals surface area contributed by atoms with Gasteiger partial charge in [0.2, 0.25) is 5.90 Å². The maximum absolute atomic E-state index is 14.6. The first-order valence-corrected chi connectivity index (χ1v) is 17.0. The minimum Gasteiger partial charge on any atom is -0.497 e. The SMILES string of the molecule is COc1cccc([C@H]2OC(c3ccc(OCCCO)cc3)=N[C@@]2(Cc2ccccc2CN=[N+]=[N-])C(=O)NCCSCc2ccc(F)cc2)c1. The molecule has 0 saturated carbocycles. The summed E-state index contributed by atoms with van der Waals surface area (Å²) in [4.78, 5) is 22.6. The average molecular weight is 684 g/mol. The van der Waals surface area contributed by atoms with Crippen molar-refractivity contribution in [3.05, 3.63) is 141 Å². The molecule has 0 saturated heterocycles. The zero-order chi connectivity index (χ0) is 34.5. The molecule has 0 radical (unpaired) electrons. The summed E-state index contributed by atoms with van der Waals surface area (Å²) in [6.45, 7) is 0.898. The molecular weight excluding hydrogens is 646 g/mol. The van der Waals surface area contributed by atoms with Crippen molar-refractivity contribution in [1.29, 1.82) is 0 Å². The molecule has 0 bridgehead atoms. The minimum absolute atomic E-state index is 0.0392. The van der Waals surface area contributed by atoms with Gasteiger partial charge in [-0.05, 0) is 76.3 Å². The molecule has 1 heterocycles. The van der Waals surface area contributed by atoms with Crippen LogP contribution in [0.15, 0.2) is 107 Å². The van der Waals surface area contributed by atoms with Crippen molar-refractivity contribution < 1.29 is 28.5 Å². The lowest BCUT2D eigenvalue weighted by molar-refractivity contribution is -0.128. The molecule has 10 nitrogen and oxygen atoms in total. The number of benzene rings is 4. The van der Waals surface area contributed by atoms with Gasteiger partial charge in [-0.2, -0.15) is 11.8 Å². The van der Waals surface area contributed by atoms with Crippen LogP contribution in [-0.4, -0.2) is 55.1 Å². The Kier molecular flexibility index (Phi) is 12.5. The topological polar surface area (TPSA) is 138 Å². The quantitative estimate of drug-likeness (QED) is 0.0535. The summed E-state index contributed by atoms with van der Waals surface area (Å²) >= 11 is 1.63. The molecule has 0 aliphatic carbocycles. The van der Waals surface area contributed by atoms with Gasteiger partial charge >= 0.3 is 0 Å². The van der Waals surface area contributed by atoms with Gasteiger partial charge in [0.15, 0.2) is 11.6 Å². The fraction of sp³-hybridized carbons (Fsp3) is 0.297. The van der Waals surface area contributed by atoms with Crippen LogP contribution in [0.3, 0.4) is 0 Å². The first-order chi connectivity index (χ1) is 24.0. The van der Waals surface area contributed by atoms with Crippen LogP contribution in [-0.2, 0) is 28.2 Å². The standard InChI is InChI=1S/C37H38FN5O5S/c1-46-33-9-4-8-28(22-33)34-37(23-29-6-2-3-7-30(29)24-41-43-39,36(45)40-18-21-49-25-26-10-14-31(38)15-11-26)42-35(48-34)27-12-16-32(17-13-27)47-20-5-19-44/h2-4,6-17,22,34,44H,5,18-21,23-25H2,1H3,(H,40,45)/t34-,37-/m1/s1. The van der Waals surface area contributed by atoms with Crippen LogP contribution in [0.2, 0.25) is 0 Å². The molecule has 0 spiro atoms. The van der Waals surface area contributed by atoms with E-state index in [4.69, 9.17) is 29.8 Å². The van der Waals surface area contributed by atoms with Gasteiger partial charge in [0.05, 0.1) is 20.3 Å². The van der Waals surface area contributed by atoms with Gasteiger partial charge in [-0.15, -0.1) is 0 Å². The minimum atomic E-state index is -1.45. The van der Waals surface area contributed by atoms with E-state index in [1.54, 1.807) is 43.1 Å². The number of halogens is 1. The van der Waals surface area contributed by atoms with E-state index in [-0.39, 0.29) is 31.3 Å². The van der Waals surface area contributed by atoms with Crippen LogP contribution in [0.25, 0.3) is 10.4 Å². The van der Waals surface area contributed by atoms with Crippen molar-refractivity contribution in [3.8, 4) is 11.5 Å². The maximum atomic E-state index is 14.6. The van der Waals surface area contributed by atoms with Gasteiger partial charge in [-0.1, -0.05) is 53.6 Å². The number of aliphatic hydroxyl groups is 1. The maximum Gasteiger partial charge on any atom is 0.252 e. The van der Waals surface area contributed by atoms with E-state index in [0.29, 0.717) is 59.6 Å². The van der Waals surface area contributed by atoms with Crippen LogP contribution in [0.4, 0.5) is 4.39 Å². The molecule has 0 unspecified atom stereocenters. The lowest BCUT2D eigenvalue weighted by Crippen LogP contribution is -2.50. The van der Waals surface area contributed by atoms with Crippen LogP contribution in [0, 0.1) is 5.82 Å². The number of ether oxygens (including phenoxy) is 3. The molecule has 12 heteroatoms. The molecule has 4 aromatic carbocycles. The van der Waals surface area contributed by atoms with E-state index in [1.165, 1.54) is 12.1 Å². The monoisotopic (exact) mass is 683 g/mol. The van der Waals surface area contributed by atoms with Crippen molar-refractivity contribution in [1.82, 2.24) is 5.32 Å². The van der Waals surface area contributed by atoms with E-state index in [9.17, 15) is 9.18 Å². The second kappa shape index (κ2) is 17.4. The molecule has 1 aliphatic rings. The van der Waals surface area contributed by atoms with Gasteiger partial charge < -0.3 is 24.6 Å². The summed E-state index contributed by atoms with van der Waals surface area (Å²) in [5, 5.41) is 16.0. The Morgan fingerprint density at radius 2 is 1.84 bits per heavy atom. The molecule has 1 aliphatic heterocycles. The summed E-state index contributed by atoms with van der Waals surface area (Å²) < 4.78 is 31.2. The van der Waals surface area contributed by atoms with Gasteiger partial charge in [0, 0.05) is 48.0 Å². The molecule has 49 heavy (non-hydrogen) atoms. The number of rotatable bonds is 17. The number of methoxy groups -OCH3 is 1. The number of amides is 1. The molecule has 2 N–H and O–H groups in total. The van der Waals surface area contributed by atoms with Gasteiger partial charge in [0.1, 0.15) is 17.3 Å². The molecular formula is C37H38FN5O5S. The zero-order valence-electron chi connectivity index (χ0n) is 27.1. The van der Waals surface area contributed by atoms with Crippen molar-refractivity contribution in [2.24, 2.45) is 10.1 Å². The third-order valence-corrected chi connectivity index (χ3v) is 9.05. The second-order valence-electron chi connectivity index (χ2n) is 11.3. The summed E-state index contributed by atoms with van der Waals surface area (Å²) in [5.41, 5.74) is 11.5. The molecule has 4 aromatic rings. The van der Waals surface area contributed by atoms with E-state index >= 15 is 0 Å². The number of thioether (sulfide) groups is 1. The summed E-state index contributed by atoms with van der Waals surface area (Å²) in [5.74, 6) is 2.22. The highest BCUT2D eigenvalue weighted by molar-refractivity contribution is 7.98. The number of nitrogens with zero attached hydrogens (tertiary/aromatic N) is 4. The summed E-state index contributed by atoms with van der Waals surface area (Å²) in [6, 6.07) is 28.5. The van der Waals surface area contributed by atoms with Crippen molar-refractivity contribution in [2.75, 3.05) is 32.6 Å². The number of hydrogen-bond acceptors (Lipinski definition) is 8. The second-order valence-corrected chi connectivity index (χ2v) is 12.4. The van der Waals surface area contributed by atoms with Crippen molar-refractivity contribution >= 4 is 23.6 Å². The Hall–Kier alpha value is -5.03. The van der Waals surface area contributed by atoms with Gasteiger partial charge in [-0.3, -0.25) is 4.79 Å². The molecule has 0 fully saturated rings. The number of hydrogen-bond donors (Lipinski definition) is 2. The van der Waals surface area contributed by atoms with Crippen LogP contribution in [0.5, 0.6) is 11.5 Å². The van der Waals surface area contributed by atoms with Gasteiger partial charge in [-0.25, -0.2) is 9.38 Å². The fourth-order valence-corrected chi connectivity index (χ4v) is 6.35. The Balaban J connectivity index is 1.50. The molecule has 254 valence electrons. The van der Waals surface area contributed by atoms with E-state index < -0.39 is 11.6 Å². The first-order valence-electron chi connectivity index (χ1n) is 15.9. The van der Waals surface area contributed by atoms with Crippen molar-refractivity contribution in [3.63, 3.8) is 0 Å². The Labute approximate surface area is 289 Å². The van der Waals surface area contributed by atoms with Crippen molar-refractivity contribution in [2.45, 2.75) is 36.8 Å². The summed E-state index contributed by atoms with van der Waals surface area (Å²) in [6.07, 6.45) is -0.159. The predicted octanol–water partition coefficient (Wildman–Crippen LogP) is 6.96. The van der Waals surface area contributed by atoms with Crippen LogP contribution >= 0.6 is 11.8 Å². The third-order valence-electron chi connectivity index (χ3n) is 8.02. The number of carbonyl (C=O) groups excluding carboxylic acids is 1.